The van der Waals surface area contributed by atoms with Gasteiger partial charge in [-0.1, -0.05) is 13.8 Å². The molecule has 116 valence electrons. The van der Waals surface area contributed by atoms with Gasteiger partial charge in [0.05, 0.1) is 6.61 Å². The van der Waals surface area contributed by atoms with Crippen molar-refractivity contribution in [3.8, 4) is 0 Å². The first-order valence-corrected chi connectivity index (χ1v) is 7.64. The van der Waals surface area contributed by atoms with Crippen LogP contribution in [-0.2, 0) is 16.0 Å². The molecule has 0 saturated heterocycles. The van der Waals surface area contributed by atoms with Gasteiger partial charge in [-0.3, -0.25) is 0 Å². The Morgan fingerprint density at radius 1 is 1.25 bits per heavy atom. The van der Waals surface area contributed by atoms with E-state index in [1.807, 2.05) is 19.3 Å². The number of hydrogen-bond donors (Lipinski definition) is 1. The third-order valence-corrected chi connectivity index (χ3v) is 2.98. The van der Waals surface area contributed by atoms with Crippen molar-refractivity contribution in [1.29, 1.82) is 0 Å². The normalized spacial score (nSPS) is 11.2. The number of rotatable bonds is 12. The summed E-state index contributed by atoms with van der Waals surface area (Å²) in [6.07, 6.45) is 5.91. The average Bonchev–Trinajstić information content (AvgIpc) is 2.85. The lowest BCUT2D eigenvalue weighted by Gasteiger charge is -2.11. The van der Waals surface area contributed by atoms with Crippen LogP contribution in [0.3, 0.4) is 0 Å². The van der Waals surface area contributed by atoms with E-state index in [0.717, 1.165) is 58.3 Å². The van der Waals surface area contributed by atoms with Gasteiger partial charge in [0, 0.05) is 45.3 Å². The van der Waals surface area contributed by atoms with Crippen LogP contribution in [0, 0.1) is 5.92 Å². The molecule has 1 aromatic heterocycles. The summed E-state index contributed by atoms with van der Waals surface area (Å²) in [5, 5.41) is 3.33. The monoisotopic (exact) mass is 283 g/mol. The quantitative estimate of drug-likeness (QED) is 0.599. The minimum Gasteiger partial charge on any atom is -0.382 e. The van der Waals surface area contributed by atoms with Crippen molar-refractivity contribution < 1.29 is 9.47 Å². The summed E-state index contributed by atoms with van der Waals surface area (Å²) in [5.41, 5.74) is 0. The fourth-order valence-corrected chi connectivity index (χ4v) is 1.76. The van der Waals surface area contributed by atoms with Gasteiger partial charge in [0.15, 0.2) is 0 Å². The van der Waals surface area contributed by atoms with Crippen molar-refractivity contribution in [1.82, 2.24) is 9.55 Å². The lowest BCUT2D eigenvalue weighted by Crippen LogP contribution is -2.13. The molecule has 1 heterocycles. The lowest BCUT2D eigenvalue weighted by molar-refractivity contribution is 0.116. The molecule has 0 aliphatic carbocycles. The van der Waals surface area contributed by atoms with E-state index in [1.54, 1.807) is 0 Å². The summed E-state index contributed by atoms with van der Waals surface area (Å²) >= 11 is 0. The zero-order valence-corrected chi connectivity index (χ0v) is 13.1. The second kappa shape index (κ2) is 10.7. The molecule has 0 unspecified atom stereocenters. The van der Waals surface area contributed by atoms with Crippen LogP contribution in [0.2, 0.25) is 0 Å². The predicted molar refractivity (Wildman–Crippen MR) is 82.1 cm³/mol. The molecule has 0 aliphatic heterocycles. The highest BCUT2D eigenvalue weighted by atomic mass is 16.5. The number of anilines is 1. The predicted octanol–water partition coefficient (Wildman–Crippen LogP) is 2.78. The van der Waals surface area contributed by atoms with Gasteiger partial charge >= 0.3 is 0 Å². The van der Waals surface area contributed by atoms with E-state index in [2.05, 4.69) is 28.7 Å². The summed E-state index contributed by atoms with van der Waals surface area (Å²) in [6.45, 7) is 11.3. The second-order valence-electron chi connectivity index (χ2n) is 5.22. The van der Waals surface area contributed by atoms with E-state index in [0.29, 0.717) is 5.92 Å². The summed E-state index contributed by atoms with van der Waals surface area (Å²) in [7, 11) is 0. The van der Waals surface area contributed by atoms with Crippen LogP contribution in [0.5, 0.6) is 0 Å². The molecule has 0 radical (unpaired) electrons. The highest BCUT2D eigenvalue weighted by Crippen LogP contribution is 2.05. The van der Waals surface area contributed by atoms with E-state index in [-0.39, 0.29) is 0 Å². The molecular weight excluding hydrogens is 254 g/mol. The van der Waals surface area contributed by atoms with Crippen molar-refractivity contribution in [2.24, 2.45) is 5.92 Å². The molecule has 0 bridgehead atoms. The smallest absolute Gasteiger partial charge is 0.202 e. The minimum absolute atomic E-state index is 0.700. The van der Waals surface area contributed by atoms with Gasteiger partial charge in [-0.25, -0.2) is 4.98 Å². The summed E-state index contributed by atoms with van der Waals surface area (Å²) in [6, 6.07) is 0. The molecule has 1 N–H and O–H groups in total. The van der Waals surface area contributed by atoms with Gasteiger partial charge in [-0.05, 0) is 25.7 Å². The van der Waals surface area contributed by atoms with Crippen LogP contribution in [-0.4, -0.2) is 42.5 Å². The number of nitrogens with zero attached hydrogens (tertiary/aromatic N) is 2. The maximum atomic E-state index is 5.63. The Labute approximate surface area is 122 Å². The van der Waals surface area contributed by atoms with Gasteiger partial charge in [-0.2, -0.15) is 0 Å². The molecule has 0 aromatic carbocycles. The van der Waals surface area contributed by atoms with Crippen LogP contribution in [0.25, 0.3) is 0 Å². The largest absolute Gasteiger partial charge is 0.382 e. The third kappa shape index (κ3) is 7.50. The SMILES string of the molecule is CCOCCCNc1nccn1CCOCCC(C)C. The number of hydrogen-bond acceptors (Lipinski definition) is 4. The van der Waals surface area contributed by atoms with Crippen LogP contribution < -0.4 is 5.32 Å². The Morgan fingerprint density at radius 3 is 2.85 bits per heavy atom. The number of ether oxygens (including phenoxy) is 2. The topological polar surface area (TPSA) is 48.3 Å². The summed E-state index contributed by atoms with van der Waals surface area (Å²) in [5.74, 6) is 1.61. The number of nitrogens with one attached hydrogen (secondary N) is 1. The number of imidazole rings is 1. The van der Waals surface area contributed by atoms with Crippen LogP contribution >= 0.6 is 0 Å². The first kappa shape index (κ1) is 17.0. The zero-order valence-electron chi connectivity index (χ0n) is 13.1. The van der Waals surface area contributed by atoms with Crippen molar-refractivity contribution in [3.05, 3.63) is 12.4 Å². The summed E-state index contributed by atoms with van der Waals surface area (Å²) in [4.78, 5) is 4.32. The molecule has 20 heavy (non-hydrogen) atoms. The minimum atomic E-state index is 0.700. The standard InChI is InChI=1S/C15H29N3O2/c1-4-19-11-5-7-16-15-17-8-9-18(15)10-13-20-12-6-14(2)3/h8-9,14H,4-7,10-13H2,1-3H3,(H,16,17). The molecule has 5 nitrogen and oxygen atoms in total. The molecule has 0 aliphatic rings. The first-order chi connectivity index (χ1) is 9.74. The van der Waals surface area contributed by atoms with Gasteiger partial charge in [0.25, 0.3) is 0 Å². The summed E-state index contributed by atoms with van der Waals surface area (Å²) < 4.78 is 13.0. The Balaban J connectivity index is 2.14. The molecule has 0 saturated carbocycles. The maximum Gasteiger partial charge on any atom is 0.202 e. The highest BCUT2D eigenvalue weighted by Gasteiger charge is 2.02. The highest BCUT2D eigenvalue weighted by molar-refractivity contribution is 5.25. The Hall–Kier alpha value is -1.07. The van der Waals surface area contributed by atoms with Crippen molar-refractivity contribution in [3.63, 3.8) is 0 Å². The van der Waals surface area contributed by atoms with Crippen molar-refractivity contribution >= 4 is 5.95 Å². The van der Waals surface area contributed by atoms with E-state index in [1.165, 1.54) is 0 Å². The van der Waals surface area contributed by atoms with Gasteiger partial charge in [0.1, 0.15) is 0 Å². The maximum absolute atomic E-state index is 5.63. The van der Waals surface area contributed by atoms with E-state index in [9.17, 15) is 0 Å². The Bertz CT molecular complexity index is 340. The molecule has 0 atom stereocenters. The van der Waals surface area contributed by atoms with Gasteiger partial charge in [0.2, 0.25) is 5.95 Å². The number of aromatic nitrogens is 2. The molecule has 0 amide bonds. The zero-order chi connectivity index (χ0) is 14.6. The van der Waals surface area contributed by atoms with Crippen LogP contribution in [0.4, 0.5) is 5.95 Å². The fourth-order valence-electron chi connectivity index (χ4n) is 1.76. The lowest BCUT2D eigenvalue weighted by atomic mass is 10.1. The van der Waals surface area contributed by atoms with Gasteiger partial charge in [-0.15, -0.1) is 0 Å². The molecule has 0 fully saturated rings. The second-order valence-corrected chi connectivity index (χ2v) is 5.22. The third-order valence-electron chi connectivity index (χ3n) is 2.98. The van der Waals surface area contributed by atoms with E-state index >= 15 is 0 Å². The first-order valence-electron chi connectivity index (χ1n) is 7.64. The Kier molecular flexibility index (Phi) is 9.07. The molecule has 0 spiro atoms. The molecule has 1 aromatic rings. The molecule has 5 heteroatoms. The van der Waals surface area contributed by atoms with Crippen LogP contribution in [0.1, 0.15) is 33.6 Å². The molecular formula is C15H29N3O2. The Morgan fingerprint density at radius 2 is 2.10 bits per heavy atom. The fraction of sp³-hybridized carbons (Fsp3) is 0.800. The molecule has 1 rings (SSSR count). The van der Waals surface area contributed by atoms with Crippen LogP contribution in [0.15, 0.2) is 12.4 Å². The van der Waals surface area contributed by atoms with Crippen molar-refractivity contribution in [2.45, 2.75) is 40.2 Å². The average molecular weight is 283 g/mol. The van der Waals surface area contributed by atoms with Crippen molar-refractivity contribution in [2.75, 3.05) is 38.3 Å². The van der Waals surface area contributed by atoms with E-state index in [4.69, 9.17) is 9.47 Å². The van der Waals surface area contributed by atoms with Gasteiger partial charge < -0.3 is 19.4 Å². The van der Waals surface area contributed by atoms with E-state index < -0.39 is 0 Å².